The molecular weight excluding hydrogens is 190 g/mol. The largest absolute Gasteiger partial charge is 0.394 e. The molecule has 82 valence electrons. The molecule has 2 N–H and O–H groups in total. The molecule has 0 aromatic heterocycles. The molecule has 0 aliphatic carbocycles. The van der Waals surface area contributed by atoms with Gasteiger partial charge in [0.1, 0.15) is 0 Å². The second kappa shape index (κ2) is 5.36. The molecule has 0 aliphatic rings. The van der Waals surface area contributed by atoms with E-state index in [0.717, 1.165) is 16.9 Å². The third-order valence-electron chi connectivity index (χ3n) is 2.25. The van der Waals surface area contributed by atoms with Crippen molar-refractivity contribution >= 4 is 18.1 Å². The average molecular weight is 207 g/mol. The maximum atomic E-state index is 8.88. The smallest absolute Gasteiger partial charge is 0.0647 e. The number of aryl methyl sites for hydroxylation is 1. The Morgan fingerprint density at radius 2 is 2.27 bits per heavy atom. The van der Waals surface area contributed by atoms with Gasteiger partial charge in [0, 0.05) is 19.5 Å². The summed E-state index contributed by atoms with van der Waals surface area (Å²) >= 11 is 0. The van der Waals surface area contributed by atoms with E-state index in [1.807, 2.05) is 32.2 Å². The van der Waals surface area contributed by atoms with Crippen LogP contribution in [0.1, 0.15) is 5.56 Å². The van der Waals surface area contributed by atoms with Gasteiger partial charge in [-0.25, -0.2) is 0 Å². The number of aliphatic hydroxyl groups is 1. The zero-order chi connectivity index (χ0) is 11.3. The highest BCUT2D eigenvalue weighted by Crippen LogP contribution is 2.23. The van der Waals surface area contributed by atoms with Crippen LogP contribution in [0.2, 0.25) is 0 Å². The van der Waals surface area contributed by atoms with Gasteiger partial charge in [0.25, 0.3) is 0 Å². The molecular formula is C11H17N3O. The lowest BCUT2D eigenvalue weighted by Crippen LogP contribution is -2.20. The van der Waals surface area contributed by atoms with Crippen LogP contribution < -0.4 is 10.3 Å². The summed E-state index contributed by atoms with van der Waals surface area (Å²) in [5.74, 6) is 0. The number of nitrogens with zero attached hydrogens (tertiary/aromatic N) is 2. The second-order valence-corrected chi connectivity index (χ2v) is 3.24. The highest BCUT2D eigenvalue weighted by Gasteiger charge is 2.06. The lowest BCUT2D eigenvalue weighted by molar-refractivity contribution is 0.302. The first kappa shape index (κ1) is 11.5. The predicted molar refractivity (Wildman–Crippen MR) is 64.7 cm³/mol. The SMILES string of the molecule is C=NN(CCO)c1ccc(NC)cc1C. The molecule has 0 spiro atoms. The minimum Gasteiger partial charge on any atom is -0.394 e. The normalized spacial score (nSPS) is 9.80. The van der Waals surface area contributed by atoms with Crippen LogP contribution in [-0.2, 0) is 0 Å². The number of nitrogens with one attached hydrogen (secondary N) is 1. The molecule has 0 atom stereocenters. The highest BCUT2D eigenvalue weighted by atomic mass is 16.3. The number of rotatable bonds is 5. The average Bonchev–Trinajstić information content (AvgIpc) is 2.26. The van der Waals surface area contributed by atoms with Crippen molar-refractivity contribution in [3.05, 3.63) is 23.8 Å². The number of aliphatic hydroxyl groups excluding tert-OH is 1. The molecule has 15 heavy (non-hydrogen) atoms. The lowest BCUT2D eigenvalue weighted by atomic mass is 10.1. The van der Waals surface area contributed by atoms with E-state index in [1.165, 1.54) is 0 Å². The predicted octanol–water partition coefficient (Wildman–Crippen LogP) is 1.45. The van der Waals surface area contributed by atoms with Crippen LogP contribution in [0, 0.1) is 6.92 Å². The summed E-state index contributed by atoms with van der Waals surface area (Å²) in [7, 11) is 1.88. The molecule has 0 radical (unpaired) electrons. The Labute approximate surface area is 90.2 Å². The lowest BCUT2D eigenvalue weighted by Gasteiger charge is -2.20. The van der Waals surface area contributed by atoms with E-state index in [1.54, 1.807) is 5.01 Å². The third kappa shape index (κ3) is 2.70. The summed E-state index contributed by atoms with van der Waals surface area (Å²) in [6.07, 6.45) is 0. The van der Waals surface area contributed by atoms with Crippen LogP contribution in [0.3, 0.4) is 0 Å². The molecule has 4 heteroatoms. The molecule has 1 rings (SSSR count). The summed E-state index contributed by atoms with van der Waals surface area (Å²) < 4.78 is 0. The van der Waals surface area contributed by atoms with Crippen molar-refractivity contribution in [1.29, 1.82) is 0 Å². The molecule has 0 unspecified atom stereocenters. The number of anilines is 2. The van der Waals surface area contributed by atoms with E-state index in [-0.39, 0.29) is 6.61 Å². The van der Waals surface area contributed by atoms with Gasteiger partial charge in [-0.2, -0.15) is 5.10 Å². The first-order valence-corrected chi connectivity index (χ1v) is 4.86. The van der Waals surface area contributed by atoms with Crippen molar-refractivity contribution < 1.29 is 5.11 Å². The molecule has 0 saturated heterocycles. The molecule has 0 bridgehead atoms. The first-order valence-electron chi connectivity index (χ1n) is 4.86. The minimum atomic E-state index is 0.0617. The highest BCUT2D eigenvalue weighted by molar-refractivity contribution is 5.60. The topological polar surface area (TPSA) is 47.9 Å². The number of hydrogen-bond donors (Lipinski definition) is 2. The minimum absolute atomic E-state index is 0.0617. The summed E-state index contributed by atoms with van der Waals surface area (Å²) in [5.41, 5.74) is 3.13. The zero-order valence-corrected chi connectivity index (χ0v) is 9.20. The fourth-order valence-electron chi connectivity index (χ4n) is 1.46. The van der Waals surface area contributed by atoms with Crippen LogP contribution in [0.4, 0.5) is 11.4 Å². The fourth-order valence-corrected chi connectivity index (χ4v) is 1.46. The summed E-state index contributed by atoms with van der Waals surface area (Å²) in [6, 6.07) is 5.97. The van der Waals surface area contributed by atoms with Gasteiger partial charge in [-0.3, -0.25) is 5.01 Å². The van der Waals surface area contributed by atoms with Crippen molar-refractivity contribution in [3.63, 3.8) is 0 Å². The fraction of sp³-hybridized carbons (Fsp3) is 0.364. The Morgan fingerprint density at radius 3 is 2.73 bits per heavy atom. The Hall–Kier alpha value is -1.55. The van der Waals surface area contributed by atoms with E-state index in [2.05, 4.69) is 17.1 Å². The molecule has 0 fully saturated rings. The summed E-state index contributed by atoms with van der Waals surface area (Å²) in [4.78, 5) is 0. The maximum absolute atomic E-state index is 8.88. The number of hydrogen-bond acceptors (Lipinski definition) is 4. The van der Waals surface area contributed by atoms with Crippen LogP contribution in [-0.4, -0.2) is 32.0 Å². The molecule has 1 aromatic carbocycles. The van der Waals surface area contributed by atoms with Gasteiger partial charge in [0.15, 0.2) is 0 Å². The quantitative estimate of drug-likeness (QED) is 0.567. The van der Waals surface area contributed by atoms with Crippen molar-refractivity contribution in [2.45, 2.75) is 6.92 Å². The van der Waals surface area contributed by atoms with E-state index in [4.69, 9.17) is 5.11 Å². The second-order valence-electron chi connectivity index (χ2n) is 3.24. The van der Waals surface area contributed by atoms with E-state index in [9.17, 15) is 0 Å². The van der Waals surface area contributed by atoms with Crippen LogP contribution in [0.5, 0.6) is 0 Å². The Balaban J connectivity index is 2.97. The van der Waals surface area contributed by atoms with Crippen molar-refractivity contribution in [3.8, 4) is 0 Å². The summed E-state index contributed by atoms with van der Waals surface area (Å²) in [5, 5.41) is 17.5. The van der Waals surface area contributed by atoms with E-state index < -0.39 is 0 Å². The van der Waals surface area contributed by atoms with Gasteiger partial charge in [0.2, 0.25) is 0 Å². The molecule has 1 aromatic rings. The van der Waals surface area contributed by atoms with Crippen molar-refractivity contribution in [2.24, 2.45) is 5.10 Å². The first-order chi connectivity index (χ1) is 7.22. The summed E-state index contributed by atoms with van der Waals surface area (Å²) in [6.45, 7) is 6.02. The van der Waals surface area contributed by atoms with Gasteiger partial charge in [0.05, 0.1) is 18.8 Å². The standard InChI is InChI=1S/C11H17N3O/c1-9-8-10(12-2)4-5-11(9)14(13-3)6-7-15/h4-5,8,12,15H,3,6-7H2,1-2H3. The Morgan fingerprint density at radius 1 is 1.53 bits per heavy atom. The Kier molecular flexibility index (Phi) is 4.12. The molecule has 0 amide bonds. The van der Waals surface area contributed by atoms with Gasteiger partial charge in [-0.1, -0.05) is 0 Å². The molecule has 0 aliphatic heterocycles. The van der Waals surface area contributed by atoms with Gasteiger partial charge in [-0.15, -0.1) is 0 Å². The number of benzene rings is 1. The van der Waals surface area contributed by atoms with Gasteiger partial charge >= 0.3 is 0 Å². The van der Waals surface area contributed by atoms with E-state index >= 15 is 0 Å². The third-order valence-corrected chi connectivity index (χ3v) is 2.25. The molecule has 4 nitrogen and oxygen atoms in total. The van der Waals surface area contributed by atoms with Crippen molar-refractivity contribution in [2.75, 3.05) is 30.5 Å². The Bertz CT molecular complexity index is 339. The van der Waals surface area contributed by atoms with Gasteiger partial charge in [-0.05, 0) is 30.7 Å². The molecule has 0 saturated carbocycles. The zero-order valence-electron chi connectivity index (χ0n) is 9.20. The molecule has 0 heterocycles. The van der Waals surface area contributed by atoms with Crippen molar-refractivity contribution in [1.82, 2.24) is 0 Å². The maximum Gasteiger partial charge on any atom is 0.0647 e. The number of hydrazone groups is 1. The monoisotopic (exact) mass is 207 g/mol. The van der Waals surface area contributed by atoms with Gasteiger partial charge < -0.3 is 10.4 Å². The van der Waals surface area contributed by atoms with E-state index in [0.29, 0.717) is 6.54 Å². The van der Waals surface area contributed by atoms with Crippen LogP contribution in [0.25, 0.3) is 0 Å². The van der Waals surface area contributed by atoms with Crippen LogP contribution in [0.15, 0.2) is 23.3 Å². The van der Waals surface area contributed by atoms with Crippen LogP contribution >= 0.6 is 0 Å².